The van der Waals surface area contributed by atoms with E-state index in [9.17, 15) is 9.59 Å². The first kappa shape index (κ1) is 14.9. The summed E-state index contributed by atoms with van der Waals surface area (Å²) in [5, 5.41) is 16.0. The van der Waals surface area contributed by atoms with Gasteiger partial charge >= 0.3 is 5.97 Å². The number of amides is 1. The van der Waals surface area contributed by atoms with E-state index in [4.69, 9.17) is 5.11 Å². The van der Waals surface area contributed by atoms with E-state index in [1.165, 1.54) is 0 Å². The quantitative estimate of drug-likeness (QED) is 0.887. The molecule has 0 radical (unpaired) electrons. The summed E-state index contributed by atoms with van der Waals surface area (Å²) in [5.41, 5.74) is 0.707. The van der Waals surface area contributed by atoms with E-state index in [1.54, 1.807) is 0 Å². The van der Waals surface area contributed by atoms with Crippen molar-refractivity contribution in [2.75, 3.05) is 0 Å². The number of aliphatic carboxylic acids is 1. The predicted molar refractivity (Wildman–Crippen MR) is 74.8 cm³/mol. The van der Waals surface area contributed by atoms with Gasteiger partial charge in [0.05, 0.1) is 11.6 Å². The zero-order valence-electron chi connectivity index (χ0n) is 11.6. The van der Waals surface area contributed by atoms with Gasteiger partial charge in [0, 0.05) is 6.04 Å². The second kappa shape index (κ2) is 6.30. The van der Waals surface area contributed by atoms with E-state index < -0.39 is 5.97 Å². The standard InChI is InChI=1S/C13H19N3O3S/c1-7(2)10-11(20-16-15-10)12(17)14-9-5-3-4-8(6-9)13(18)19/h7-9H,3-6H2,1-2H3,(H,14,17)(H,18,19). The molecule has 2 atom stereocenters. The van der Waals surface area contributed by atoms with Gasteiger partial charge in [0.1, 0.15) is 4.88 Å². The first-order valence-corrected chi connectivity index (χ1v) is 7.62. The lowest BCUT2D eigenvalue weighted by atomic mass is 9.86. The number of aromatic nitrogens is 2. The molecule has 1 aliphatic carbocycles. The molecule has 1 saturated carbocycles. The fourth-order valence-corrected chi connectivity index (χ4v) is 3.25. The lowest BCUT2D eigenvalue weighted by Crippen LogP contribution is -2.40. The number of nitrogens with zero attached hydrogens (tertiary/aromatic N) is 2. The van der Waals surface area contributed by atoms with Crippen molar-refractivity contribution in [2.24, 2.45) is 5.92 Å². The molecule has 1 amide bonds. The number of hydrogen-bond acceptors (Lipinski definition) is 5. The minimum Gasteiger partial charge on any atom is -0.481 e. The molecule has 0 aliphatic heterocycles. The van der Waals surface area contributed by atoms with Crippen molar-refractivity contribution in [2.45, 2.75) is 51.5 Å². The molecule has 1 aromatic rings. The van der Waals surface area contributed by atoms with Crippen LogP contribution in [0.15, 0.2) is 0 Å². The van der Waals surface area contributed by atoms with Crippen LogP contribution in [-0.4, -0.2) is 32.6 Å². The molecule has 2 rings (SSSR count). The smallest absolute Gasteiger partial charge is 0.306 e. The van der Waals surface area contributed by atoms with Gasteiger partial charge in [0.2, 0.25) is 0 Å². The third kappa shape index (κ3) is 3.33. The van der Waals surface area contributed by atoms with E-state index in [-0.39, 0.29) is 23.8 Å². The molecule has 1 aromatic heterocycles. The molecule has 1 fully saturated rings. The molecule has 0 aromatic carbocycles. The Kier molecular flexibility index (Phi) is 4.69. The first-order valence-electron chi connectivity index (χ1n) is 6.85. The lowest BCUT2D eigenvalue weighted by molar-refractivity contribution is -0.143. The summed E-state index contributed by atoms with van der Waals surface area (Å²) in [6, 6.07) is -0.0699. The maximum Gasteiger partial charge on any atom is 0.306 e. The highest BCUT2D eigenvalue weighted by atomic mass is 32.1. The van der Waals surface area contributed by atoms with Gasteiger partial charge < -0.3 is 10.4 Å². The summed E-state index contributed by atoms with van der Waals surface area (Å²) < 4.78 is 3.84. The van der Waals surface area contributed by atoms with Crippen molar-refractivity contribution in [3.05, 3.63) is 10.6 Å². The molecule has 20 heavy (non-hydrogen) atoms. The molecule has 1 aliphatic rings. The summed E-state index contributed by atoms with van der Waals surface area (Å²) in [4.78, 5) is 23.8. The van der Waals surface area contributed by atoms with Crippen LogP contribution >= 0.6 is 11.5 Å². The van der Waals surface area contributed by atoms with Crippen LogP contribution in [-0.2, 0) is 4.79 Å². The van der Waals surface area contributed by atoms with Crippen molar-refractivity contribution in [1.82, 2.24) is 14.9 Å². The van der Waals surface area contributed by atoms with Crippen molar-refractivity contribution < 1.29 is 14.7 Å². The largest absolute Gasteiger partial charge is 0.481 e. The van der Waals surface area contributed by atoms with Gasteiger partial charge in [-0.25, -0.2) is 0 Å². The van der Waals surface area contributed by atoms with Crippen LogP contribution in [0.3, 0.4) is 0 Å². The topological polar surface area (TPSA) is 92.2 Å². The number of carboxylic acids is 1. The Hall–Kier alpha value is -1.50. The highest BCUT2D eigenvalue weighted by Crippen LogP contribution is 2.25. The molecule has 6 nitrogen and oxygen atoms in total. The van der Waals surface area contributed by atoms with Crippen molar-refractivity contribution >= 4 is 23.4 Å². The predicted octanol–water partition coefficient (Wildman–Crippen LogP) is 2.03. The molecule has 2 unspecified atom stereocenters. The van der Waals surface area contributed by atoms with E-state index in [0.717, 1.165) is 24.4 Å². The number of carbonyl (C=O) groups excluding carboxylic acids is 1. The molecule has 1 heterocycles. The fourth-order valence-electron chi connectivity index (χ4n) is 2.53. The third-order valence-electron chi connectivity index (χ3n) is 3.63. The van der Waals surface area contributed by atoms with Crippen molar-refractivity contribution in [3.63, 3.8) is 0 Å². The van der Waals surface area contributed by atoms with Crippen LogP contribution in [0.2, 0.25) is 0 Å². The SMILES string of the molecule is CC(C)c1nnsc1C(=O)NC1CCCC(C(=O)O)C1. The van der Waals surface area contributed by atoms with E-state index in [2.05, 4.69) is 14.9 Å². The fraction of sp³-hybridized carbons (Fsp3) is 0.692. The number of nitrogens with one attached hydrogen (secondary N) is 1. The Morgan fingerprint density at radius 2 is 2.15 bits per heavy atom. The van der Waals surface area contributed by atoms with Crippen LogP contribution in [0.4, 0.5) is 0 Å². The second-order valence-electron chi connectivity index (χ2n) is 5.51. The first-order chi connectivity index (χ1) is 9.49. The van der Waals surface area contributed by atoms with Crippen LogP contribution in [0, 0.1) is 5.92 Å². The summed E-state index contributed by atoms with van der Waals surface area (Å²) in [5.74, 6) is -1.16. The van der Waals surface area contributed by atoms with Gasteiger partial charge in [0.25, 0.3) is 5.91 Å². The maximum absolute atomic E-state index is 12.2. The molecule has 0 spiro atoms. The average molecular weight is 297 g/mol. The molecule has 7 heteroatoms. The summed E-state index contributed by atoms with van der Waals surface area (Å²) >= 11 is 1.09. The van der Waals surface area contributed by atoms with Crippen LogP contribution < -0.4 is 5.32 Å². The second-order valence-corrected chi connectivity index (χ2v) is 6.27. The van der Waals surface area contributed by atoms with Gasteiger partial charge in [-0.05, 0) is 36.7 Å². The highest BCUT2D eigenvalue weighted by Gasteiger charge is 2.29. The van der Waals surface area contributed by atoms with Gasteiger partial charge in [-0.3, -0.25) is 9.59 Å². The van der Waals surface area contributed by atoms with Crippen LogP contribution in [0.1, 0.15) is 60.8 Å². The average Bonchev–Trinajstić information content (AvgIpc) is 2.88. The summed E-state index contributed by atoms with van der Waals surface area (Å²) in [6.07, 6.45) is 2.87. The Balaban J connectivity index is 2.00. The van der Waals surface area contributed by atoms with Crippen LogP contribution in [0.5, 0.6) is 0 Å². The van der Waals surface area contributed by atoms with Gasteiger partial charge in [-0.15, -0.1) is 5.10 Å². The molecular weight excluding hydrogens is 278 g/mol. The number of hydrogen-bond donors (Lipinski definition) is 2. The molecule has 0 saturated heterocycles. The Morgan fingerprint density at radius 1 is 1.40 bits per heavy atom. The van der Waals surface area contributed by atoms with Gasteiger partial charge in [-0.1, -0.05) is 24.8 Å². The van der Waals surface area contributed by atoms with Crippen LogP contribution in [0.25, 0.3) is 0 Å². The number of carboxylic acid groups (broad SMARTS) is 1. The van der Waals surface area contributed by atoms with E-state index >= 15 is 0 Å². The minimum atomic E-state index is -0.772. The van der Waals surface area contributed by atoms with Crippen molar-refractivity contribution in [1.29, 1.82) is 0 Å². The minimum absolute atomic E-state index is 0.0699. The zero-order valence-corrected chi connectivity index (χ0v) is 12.4. The summed E-state index contributed by atoms with van der Waals surface area (Å²) in [7, 11) is 0. The van der Waals surface area contributed by atoms with E-state index in [0.29, 0.717) is 23.4 Å². The molecule has 0 bridgehead atoms. The molecule has 2 N–H and O–H groups in total. The molecular formula is C13H19N3O3S. The van der Waals surface area contributed by atoms with Gasteiger partial charge in [-0.2, -0.15) is 0 Å². The normalized spacial score (nSPS) is 22.8. The zero-order chi connectivity index (χ0) is 14.7. The van der Waals surface area contributed by atoms with E-state index in [1.807, 2.05) is 13.8 Å². The number of carbonyl (C=O) groups is 2. The highest BCUT2D eigenvalue weighted by molar-refractivity contribution is 7.08. The Labute approximate surface area is 121 Å². The Bertz CT molecular complexity index is 501. The maximum atomic E-state index is 12.2. The summed E-state index contributed by atoms with van der Waals surface area (Å²) in [6.45, 7) is 3.93. The third-order valence-corrected chi connectivity index (χ3v) is 4.37. The number of rotatable bonds is 4. The van der Waals surface area contributed by atoms with Gasteiger partial charge in [0.15, 0.2) is 0 Å². The Morgan fingerprint density at radius 3 is 2.80 bits per heavy atom. The van der Waals surface area contributed by atoms with Crippen molar-refractivity contribution in [3.8, 4) is 0 Å². The lowest BCUT2D eigenvalue weighted by Gasteiger charge is -2.27. The monoisotopic (exact) mass is 297 g/mol. The molecule has 110 valence electrons.